The van der Waals surface area contributed by atoms with E-state index >= 15 is 0 Å². The fourth-order valence-corrected chi connectivity index (χ4v) is 3.00. The Morgan fingerprint density at radius 3 is 2.94 bits per heavy atom. The van der Waals surface area contributed by atoms with Crippen molar-refractivity contribution in [2.24, 2.45) is 5.41 Å². The van der Waals surface area contributed by atoms with Crippen molar-refractivity contribution in [1.29, 1.82) is 0 Å². The number of methoxy groups -OCH3 is 1. The van der Waals surface area contributed by atoms with Gasteiger partial charge < -0.3 is 10.1 Å². The van der Waals surface area contributed by atoms with Crippen LogP contribution in [0.4, 0.5) is 5.69 Å². The second-order valence-electron chi connectivity index (χ2n) is 4.98. The van der Waals surface area contributed by atoms with Gasteiger partial charge in [0.1, 0.15) is 0 Å². The second-order valence-corrected chi connectivity index (χ2v) is 5.97. The Kier molecular flexibility index (Phi) is 3.33. The highest BCUT2D eigenvalue weighted by atomic mass is 32.2. The van der Waals surface area contributed by atoms with Gasteiger partial charge in [-0.25, -0.2) is 4.79 Å². The van der Waals surface area contributed by atoms with Gasteiger partial charge in [-0.3, -0.25) is 0 Å². The van der Waals surface area contributed by atoms with Crippen molar-refractivity contribution in [3.63, 3.8) is 0 Å². The number of fused-ring (bicyclic) bond motifs is 1. The van der Waals surface area contributed by atoms with Gasteiger partial charge in [-0.05, 0) is 17.5 Å². The van der Waals surface area contributed by atoms with E-state index in [2.05, 4.69) is 19.2 Å². The Labute approximate surface area is 106 Å². The fourth-order valence-electron chi connectivity index (χ4n) is 1.76. The molecular formula is C13H17NO2S. The van der Waals surface area contributed by atoms with Crippen molar-refractivity contribution in [3.05, 3.63) is 23.8 Å². The fraction of sp³-hybridized carbons (Fsp3) is 0.462. The molecule has 0 atom stereocenters. The first-order chi connectivity index (χ1) is 8.03. The third kappa shape index (κ3) is 2.57. The molecule has 2 rings (SSSR count). The molecule has 4 heteroatoms. The first-order valence-electron chi connectivity index (χ1n) is 5.61. The average molecular weight is 251 g/mol. The predicted molar refractivity (Wildman–Crippen MR) is 70.8 cm³/mol. The van der Waals surface area contributed by atoms with Gasteiger partial charge in [0, 0.05) is 22.9 Å². The van der Waals surface area contributed by atoms with Crippen molar-refractivity contribution >= 4 is 23.4 Å². The second kappa shape index (κ2) is 4.61. The molecule has 0 spiro atoms. The summed E-state index contributed by atoms with van der Waals surface area (Å²) < 4.78 is 4.82. The van der Waals surface area contributed by atoms with Crippen molar-refractivity contribution in [2.75, 3.05) is 24.7 Å². The molecule has 1 heterocycles. The van der Waals surface area contributed by atoms with E-state index in [4.69, 9.17) is 4.74 Å². The summed E-state index contributed by atoms with van der Waals surface area (Å²) in [4.78, 5) is 12.7. The summed E-state index contributed by atoms with van der Waals surface area (Å²) in [5.41, 5.74) is 1.90. The summed E-state index contributed by atoms with van der Waals surface area (Å²) >= 11 is 1.72. The molecule has 1 aliphatic heterocycles. The lowest BCUT2D eigenvalue weighted by Gasteiger charge is -2.21. The summed E-state index contributed by atoms with van der Waals surface area (Å²) in [6.45, 7) is 5.35. The number of benzene rings is 1. The molecule has 0 unspecified atom stereocenters. The monoisotopic (exact) mass is 251 g/mol. The Balaban J connectivity index is 2.39. The maximum Gasteiger partial charge on any atom is 0.339 e. The summed E-state index contributed by atoms with van der Waals surface area (Å²) in [6.07, 6.45) is 0. The molecule has 0 radical (unpaired) electrons. The van der Waals surface area contributed by atoms with Crippen LogP contribution in [0.3, 0.4) is 0 Å². The molecule has 0 aromatic heterocycles. The maximum absolute atomic E-state index is 11.7. The highest BCUT2D eigenvalue weighted by molar-refractivity contribution is 7.99. The van der Waals surface area contributed by atoms with E-state index in [0.29, 0.717) is 5.56 Å². The third-order valence-corrected chi connectivity index (χ3v) is 4.44. The van der Waals surface area contributed by atoms with E-state index in [1.807, 2.05) is 18.2 Å². The largest absolute Gasteiger partial charge is 0.465 e. The Hall–Kier alpha value is -1.16. The number of hydrogen-bond acceptors (Lipinski definition) is 4. The molecule has 1 aliphatic rings. The van der Waals surface area contributed by atoms with Crippen LogP contribution in [-0.4, -0.2) is 25.4 Å². The molecule has 3 nitrogen and oxygen atoms in total. The van der Waals surface area contributed by atoms with Crippen LogP contribution in [0.5, 0.6) is 0 Å². The van der Waals surface area contributed by atoms with Crippen LogP contribution >= 0.6 is 11.8 Å². The van der Waals surface area contributed by atoms with Crippen LogP contribution in [0.1, 0.15) is 24.2 Å². The Bertz CT molecular complexity index is 443. The zero-order valence-corrected chi connectivity index (χ0v) is 11.2. The van der Waals surface area contributed by atoms with Gasteiger partial charge in [0.25, 0.3) is 0 Å². The number of anilines is 1. The van der Waals surface area contributed by atoms with Crippen LogP contribution < -0.4 is 5.32 Å². The summed E-state index contributed by atoms with van der Waals surface area (Å²) in [7, 11) is 1.42. The zero-order chi connectivity index (χ0) is 12.5. The summed E-state index contributed by atoms with van der Waals surface area (Å²) in [5, 5.41) is 3.41. The van der Waals surface area contributed by atoms with E-state index in [1.165, 1.54) is 7.11 Å². The van der Waals surface area contributed by atoms with Crippen LogP contribution in [-0.2, 0) is 4.74 Å². The van der Waals surface area contributed by atoms with E-state index < -0.39 is 0 Å². The first kappa shape index (κ1) is 12.3. The van der Waals surface area contributed by atoms with E-state index in [1.54, 1.807) is 11.8 Å². The number of carbonyl (C=O) groups is 1. The zero-order valence-electron chi connectivity index (χ0n) is 10.4. The molecule has 92 valence electrons. The number of esters is 1. The smallest absolute Gasteiger partial charge is 0.339 e. The normalized spacial score (nSPS) is 17.6. The maximum atomic E-state index is 11.7. The molecule has 1 N–H and O–H groups in total. The van der Waals surface area contributed by atoms with Crippen molar-refractivity contribution < 1.29 is 9.53 Å². The Morgan fingerprint density at radius 1 is 1.47 bits per heavy atom. The molecule has 0 amide bonds. The SMILES string of the molecule is COC(=O)c1cccc2c1SCC(C)(C)CN2. The van der Waals surface area contributed by atoms with Crippen LogP contribution in [0.25, 0.3) is 0 Å². The van der Waals surface area contributed by atoms with Gasteiger partial charge in [0.05, 0.1) is 12.7 Å². The molecule has 0 bridgehead atoms. The van der Waals surface area contributed by atoms with E-state index in [9.17, 15) is 4.79 Å². The molecule has 17 heavy (non-hydrogen) atoms. The molecule has 0 aliphatic carbocycles. The topological polar surface area (TPSA) is 38.3 Å². The van der Waals surface area contributed by atoms with Crippen molar-refractivity contribution in [2.45, 2.75) is 18.7 Å². The van der Waals surface area contributed by atoms with Gasteiger partial charge in [-0.2, -0.15) is 0 Å². The molecular weight excluding hydrogens is 234 g/mol. The van der Waals surface area contributed by atoms with Crippen LogP contribution in [0, 0.1) is 5.41 Å². The lowest BCUT2D eigenvalue weighted by atomic mass is 9.96. The number of hydrogen-bond donors (Lipinski definition) is 1. The lowest BCUT2D eigenvalue weighted by molar-refractivity contribution is 0.0597. The van der Waals surface area contributed by atoms with E-state index in [0.717, 1.165) is 22.9 Å². The van der Waals surface area contributed by atoms with Crippen LogP contribution in [0.2, 0.25) is 0 Å². The molecule has 0 fully saturated rings. The quantitative estimate of drug-likeness (QED) is 0.779. The Morgan fingerprint density at radius 2 is 2.24 bits per heavy atom. The number of carbonyl (C=O) groups excluding carboxylic acids is 1. The van der Waals surface area contributed by atoms with Crippen LogP contribution in [0.15, 0.2) is 23.1 Å². The van der Waals surface area contributed by atoms with Gasteiger partial charge in [-0.1, -0.05) is 19.9 Å². The summed E-state index contributed by atoms with van der Waals surface area (Å²) in [5.74, 6) is 0.719. The minimum atomic E-state index is -0.268. The minimum Gasteiger partial charge on any atom is -0.465 e. The number of rotatable bonds is 1. The highest BCUT2D eigenvalue weighted by Crippen LogP contribution is 2.38. The van der Waals surface area contributed by atoms with Gasteiger partial charge >= 0.3 is 5.97 Å². The van der Waals surface area contributed by atoms with Gasteiger partial charge in [-0.15, -0.1) is 11.8 Å². The standard InChI is InChI=1S/C13H17NO2S/c1-13(2)7-14-10-6-4-5-9(12(15)16-3)11(10)17-8-13/h4-6,14H,7-8H2,1-3H3. The molecule has 1 aromatic rings. The minimum absolute atomic E-state index is 0.219. The first-order valence-corrected chi connectivity index (χ1v) is 6.60. The van der Waals surface area contributed by atoms with E-state index in [-0.39, 0.29) is 11.4 Å². The summed E-state index contributed by atoms with van der Waals surface area (Å²) in [6, 6.07) is 5.71. The van der Waals surface area contributed by atoms with Gasteiger partial charge in [0.15, 0.2) is 0 Å². The predicted octanol–water partition coefficient (Wildman–Crippen LogP) is 3.02. The molecule has 0 saturated carbocycles. The highest BCUT2D eigenvalue weighted by Gasteiger charge is 2.25. The third-order valence-electron chi connectivity index (χ3n) is 2.78. The van der Waals surface area contributed by atoms with Crippen molar-refractivity contribution in [3.8, 4) is 0 Å². The molecule has 1 aromatic carbocycles. The number of thioether (sulfide) groups is 1. The average Bonchev–Trinajstić information content (AvgIpc) is 2.47. The number of nitrogens with one attached hydrogen (secondary N) is 1. The van der Waals surface area contributed by atoms with Crippen molar-refractivity contribution in [1.82, 2.24) is 0 Å². The molecule has 0 saturated heterocycles. The lowest BCUT2D eigenvalue weighted by Crippen LogP contribution is -2.23. The van der Waals surface area contributed by atoms with Gasteiger partial charge in [0.2, 0.25) is 0 Å². The number of ether oxygens (including phenoxy) is 1.